The average Bonchev–Trinajstić information content (AvgIpc) is 2.80. The minimum atomic E-state index is -0.703. The number of hydrogen-bond acceptors (Lipinski definition) is 6. The van der Waals surface area contributed by atoms with Crippen LogP contribution in [0.1, 0.15) is 6.92 Å². The molecule has 1 unspecified atom stereocenters. The molecule has 1 heterocycles. The van der Waals surface area contributed by atoms with Crippen LogP contribution in [-0.4, -0.2) is 37.3 Å². The maximum Gasteiger partial charge on any atom is 0.245 e. The van der Waals surface area contributed by atoms with Gasteiger partial charge >= 0.3 is 0 Å². The minimum Gasteiger partial charge on any atom is -0.494 e. The molecule has 2 aromatic rings. The highest BCUT2D eigenvalue weighted by atomic mass is 35.5. The van der Waals surface area contributed by atoms with E-state index < -0.39 is 6.04 Å². The van der Waals surface area contributed by atoms with Gasteiger partial charge in [-0.05, 0) is 25.1 Å². The summed E-state index contributed by atoms with van der Waals surface area (Å²) in [5.74, 6) is 0.480. The zero-order valence-electron chi connectivity index (χ0n) is 11.8. The molecule has 2 rings (SSSR count). The second kappa shape index (κ2) is 8.14. The first-order valence-electron chi connectivity index (χ1n) is 6.22. The third-order valence-electron chi connectivity index (χ3n) is 2.58. The van der Waals surface area contributed by atoms with Crippen LogP contribution in [0.5, 0.6) is 5.75 Å². The number of fused-ring (bicyclic) bond motifs is 1. The smallest absolute Gasteiger partial charge is 0.245 e. The molecule has 6 nitrogen and oxygen atoms in total. The predicted molar refractivity (Wildman–Crippen MR) is 86.5 cm³/mol. The summed E-state index contributed by atoms with van der Waals surface area (Å²) in [4.78, 5) is 16.1. The molecule has 0 bridgehead atoms. The van der Waals surface area contributed by atoms with E-state index in [0.717, 1.165) is 16.0 Å². The lowest BCUT2D eigenvalue weighted by atomic mass is 10.3. The highest BCUT2D eigenvalue weighted by molar-refractivity contribution is 7.22. The largest absolute Gasteiger partial charge is 0.494 e. The molecule has 0 spiro atoms. The highest BCUT2D eigenvalue weighted by Crippen LogP contribution is 2.29. The fourth-order valence-corrected chi connectivity index (χ4v) is 2.57. The van der Waals surface area contributed by atoms with Crippen molar-refractivity contribution in [1.29, 1.82) is 0 Å². The number of halogens is 1. The van der Waals surface area contributed by atoms with Crippen molar-refractivity contribution >= 4 is 45.0 Å². The van der Waals surface area contributed by atoms with Gasteiger partial charge in [0.15, 0.2) is 5.13 Å². The van der Waals surface area contributed by atoms with Gasteiger partial charge in [0.1, 0.15) is 11.8 Å². The van der Waals surface area contributed by atoms with Crippen molar-refractivity contribution in [3.8, 4) is 5.75 Å². The van der Waals surface area contributed by atoms with Gasteiger partial charge in [-0.2, -0.15) is 0 Å². The highest BCUT2D eigenvalue weighted by Gasteiger charge is 2.15. The maximum absolute atomic E-state index is 11.8. The fraction of sp³-hybridized carbons (Fsp3) is 0.385. The van der Waals surface area contributed by atoms with Crippen molar-refractivity contribution in [2.24, 2.45) is 5.73 Å². The normalized spacial score (nSPS) is 11.8. The first-order valence-corrected chi connectivity index (χ1v) is 7.04. The maximum atomic E-state index is 11.8. The van der Waals surface area contributed by atoms with E-state index in [1.165, 1.54) is 18.4 Å². The molecule has 1 aromatic carbocycles. The number of rotatable bonds is 6. The Kier molecular flexibility index (Phi) is 6.83. The summed E-state index contributed by atoms with van der Waals surface area (Å²) >= 11 is 1.38. The molecular formula is C13H18ClN3O3S. The molecule has 21 heavy (non-hydrogen) atoms. The van der Waals surface area contributed by atoms with E-state index >= 15 is 0 Å². The second-order valence-electron chi connectivity index (χ2n) is 4.13. The van der Waals surface area contributed by atoms with E-state index in [1.807, 2.05) is 25.1 Å². The Morgan fingerprint density at radius 2 is 2.29 bits per heavy atom. The van der Waals surface area contributed by atoms with E-state index in [2.05, 4.69) is 10.3 Å². The monoisotopic (exact) mass is 331 g/mol. The molecule has 8 heteroatoms. The Hall–Kier alpha value is -1.41. The van der Waals surface area contributed by atoms with Gasteiger partial charge in [0, 0.05) is 7.11 Å². The SMILES string of the molecule is CCOc1ccc2nc(NC(=O)C(N)COC)sc2c1.Cl. The number of ether oxygens (including phenoxy) is 2. The molecule has 0 aliphatic heterocycles. The number of thiazole rings is 1. The molecule has 116 valence electrons. The molecule has 0 saturated carbocycles. The van der Waals surface area contributed by atoms with Gasteiger partial charge in [0.05, 0.1) is 23.4 Å². The molecule has 0 saturated heterocycles. The van der Waals surface area contributed by atoms with E-state index in [0.29, 0.717) is 11.7 Å². The number of carbonyl (C=O) groups is 1. The van der Waals surface area contributed by atoms with Crippen molar-refractivity contribution in [2.45, 2.75) is 13.0 Å². The van der Waals surface area contributed by atoms with Gasteiger partial charge in [-0.3, -0.25) is 4.79 Å². The lowest BCUT2D eigenvalue weighted by molar-refractivity contribution is -0.118. The molecule has 1 amide bonds. The van der Waals surface area contributed by atoms with E-state index in [-0.39, 0.29) is 24.9 Å². The number of nitrogens with one attached hydrogen (secondary N) is 1. The Bertz CT molecular complexity index is 605. The van der Waals surface area contributed by atoms with Gasteiger partial charge in [-0.1, -0.05) is 11.3 Å². The first-order chi connectivity index (χ1) is 9.63. The van der Waals surface area contributed by atoms with Crippen molar-refractivity contribution in [3.63, 3.8) is 0 Å². The molecule has 1 aromatic heterocycles. The number of amides is 1. The van der Waals surface area contributed by atoms with Crippen molar-refractivity contribution in [3.05, 3.63) is 18.2 Å². The number of aromatic nitrogens is 1. The van der Waals surface area contributed by atoms with Gasteiger partial charge < -0.3 is 20.5 Å². The number of carbonyl (C=O) groups excluding carboxylic acids is 1. The van der Waals surface area contributed by atoms with Crippen LogP contribution in [0.15, 0.2) is 18.2 Å². The third kappa shape index (κ3) is 4.53. The van der Waals surface area contributed by atoms with Crippen molar-refractivity contribution in [1.82, 2.24) is 4.98 Å². The van der Waals surface area contributed by atoms with Crippen LogP contribution in [0, 0.1) is 0 Å². The van der Waals surface area contributed by atoms with Crippen LogP contribution < -0.4 is 15.8 Å². The van der Waals surface area contributed by atoms with Crippen LogP contribution in [-0.2, 0) is 9.53 Å². The molecule has 0 aliphatic rings. The summed E-state index contributed by atoms with van der Waals surface area (Å²) < 4.78 is 11.2. The van der Waals surface area contributed by atoms with Crippen LogP contribution >= 0.6 is 23.7 Å². The topological polar surface area (TPSA) is 86.5 Å². The van der Waals surface area contributed by atoms with Gasteiger partial charge in [-0.15, -0.1) is 12.4 Å². The second-order valence-corrected chi connectivity index (χ2v) is 5.16. The van der Waals surface area contributed by atoms with Crippen LogP contribution in [0.3, 0.4) is 0 Å². The van der Waals surface area contributed by atoms with E-state index in [9.17, 15) is 4.79 Å². The number of methoxy groups -OCH3 is 1. The number of nitrogens with zero attached hydrogens (tertiary/aromatic N) is 1. The number of benzene rings is 1. The lowest BCUT2D eigenvalue weighted by Crippen LogP contribution is -2.39. The summed E-state index contributed by atoms with van der Waals surface area (Å²) in [5.41, 5.74) is 6.47. The predicted octanol–water partition coefficient (Wildman–Crippen LogP) is 2.03. The van der Waals surface area contributed by atoms with Crippen molar-refractivity contribution in [2.75, 3.05) is 25.6 Å². The Balaban J connectivity index is 0.00000220. The summed E-state index contributed by atoms with van der Waals surface area (Å²) in [5, 5.41) is 3.21. The summed E-state index contributed by atoms with van der Waals surface area (Å²) in [6.45, 7) is 2.71. The standard InChI is InChI=1S/C13H17N3O3S.ClH/c1-3-19-8-4-5-10-11(6-8)20-13(15-10)16-12(17)9(14)7-18-2;/h4-6,9H,3,7,14H2,1-2H3,(H,15,16,17);1H. The molecule has 3 N–H and O–H groups in total. The molecule has 0 fully saturated rings. The Morgan fingerprint density at radius 1 is 1.52 bits per heavy atom. The number of hydrogen-bond donors (Lipinski definition) is 2. The number of anilines is 1. The quantitative estimate of drug-likeness (QED) is 0.845. The Labute approximate surface area is 133 Å². The Morgan fingerprint density at radius 3 is 2.95 bits per heavy atom. The fourth-order valence-electron chi connectivity index (χ4n) is 1.67. The zero-order chi connectivity index (χ0) is 14.5. The van der Waals surface area contributed by atoms with E-state index in [4.69, 9.17) is 15.2 Å². The van der Waals surface area contributed by atoms with E-state index in [1.54, 1.807) is 0 Å². The summed E-state index contributed by atoms with van der Waals surface area (Å²) in [6, 6.07) is 4.92. The van der Waals surface area contributed by atoms with Gasteiger partial charge in [-0.25, -0.2) is 4.98 Å². The number of nitrogens with two attached hydrogens (primary N) is 1. The molecule has 0 aliphatic carbocycles. The van der Waals surface area contributed by atoms with Gasteiger partial charge in [0.2, 0.25) is 5.91 Å². The zero-order valence-corrected chi connectivity index (χ0v) is 13.4. The average molecular weight is 332 g/mol. The lowest BCUT2D eigenvalue weighted by Gasteiger charge is -2.08. The molecule has 0 radical (unpaired) electrons. The molecule has 1 atom stereocenters. The summed E-state index contributed by atoms with van der Waals surface area (Å²) in [6.07, 6.45) is 0. The molecular weight excluding hydrogens is 314 g/mol. The summed E-state index contributed by atoms with van der Waals surface area (Å²) in [7, 11) is 1.50. The van der Waals surface area contributed by atoms with Gasteiger partial charge in [0.25, 0.3) is 0 Å². The first kappa shape index (κ1) is 17.6. The third-order valence-corrected chi connectivity index (χ3v) is 3.52. The van der Waals surface area contributed by atoms with Crippen LogP contribution in [0.4, 0.5) is 5.13 Å². The van der Waals surface area contributed by atoms with Crippen LogP contribution in [0.25, 0.3) is 10.2 Å². The van der Waals surface area contributed by atoms with Crippen molar-refractivity contribution < 1.29 is 14.3 Å². The minimum absolute atomic E-state index is 0. The van der Waals surface area contributed by atoms with Crippen LogP contribution in [0.2, 0.25) is 0 Å².